The molecule has 2 aromatic carbocycles. The first-order chi connectivity index (χ1) is 14.8. The Bertz CT molecular complexity index is 993. The molecule has 1 amide bonds. The molecule has 0 spiro atoms. The Hall–Kier alpha value is -1.69. The minimum absolute atomic E-state index is 0.296. The molecule has 0 aromatic heterocycles. The molecular weight excluding hydrogens is 529 g/mol. The van der Waals surface area contributed by atoms with E-state index >= 15 is 0 Å². The quantitative estimate of drug-likeness (QED) is 0.264. The molecule has 0 radical (unpaired) electrons. The average molecular weight is 557 g/mol. The van der Waals surface area contributed by atoms with Gasteiger partial charge in [0.05, 0.1) is 16.7 Å². The van der Waals surface area contributed by atoms with E-state index in [-0.39, 0.29) is 4.05 Å². The number of benzene rings is 2. The van der Waals surface area contributed by atoms with E-state index in [0.717, 1.165) is 5.56 Å². The number of halogens is 1. The number of ether oxygens (including phenoxy) is 1. The van der Waals surface area contributed by atoms with Gasteiger partial charge in [0.2, 0.25) is 10.0 Å². The Morgan fingerprint density at radius 2 is 1.71 bits per heavy atom. The van der Waals surface area contributed by atoms with Gasteiger partial charge in [0.1, 0.15) is 5.75 Å². The molecule has 2 unspecified atom stereocenters. The smallest absolute Gasteiger partial charge is 0.256 e. The number of sulfonamides is 1. The third-order valence-corrected chi connectivity index (χ3v) is 8.20. The van der Waals surface area contributed by atoms with Crippen molar-refractivity contribution in [3.63, 3.8) is 0 Å². The largest absolute Gasteiger partial charge is 0.496 e. The van der Waals surface area contributed by atoms with Crippen LogP contribution in [0.15, 0.2) is 54.6 Å². The summed E-state index contributed by atoms with van der Waals surface area (Å²) in [6.45, 7) is 3.07. The summed E-state index contributed by atoms with van der Waals surface area (Å²) >= 11 is 2.01. The molecule has 9 heteroatoms. The van der Waals surface area contributed by atoms with Crippen LogP contribution < -0.4 is 20.1 Å². The van der Waals surface area contributed by atoms with Crippen LogP contribution in [-0.2, 0) is 15.4 Å². The maximum Gasteiger partial charge on any atom is 0.256 e. The number of rotatable bonds is 8. The number of carbonyl (C=O) groups is 1. The second-order valence-electron chi connectivity index (χ2n) is 7.60. The normalized spacial score (nSPS) is 18.0. The highest BCUT2D eigenvalue weighted by molar-refractivity contribution is 14.1. The van der Waals surface area contributed by atoms with Gasteiger partial charge >= 0.3 is 0 Å². The highest BCUT2D eigenvalue weighted by Gasteiger charge is 2.49. The molecule has 3 N–H and O–H groups in total. The first-order valence-corrected chi connectivity index (χ1v) is 12.9. The highest BCUT2D eigenvalue weighted by Crippen LogP contribution is 2.39. The van der Waals surface area contributed by atoms with Gasteiger partial charge in [-0.3, -0.25) is 4.79 Å². The lowest BCUT2D eigenvalue weighted by Crippen LogP contribution is -2.61. The summed E-state index contributed by atoms with van der Waals surface area (Å²) in [5, 5.41) is 5.02. The van der Waals surface area contributed by atoms with E-state index in [1.807, 2.05) is 52.9 Å². The second-order valence-corrected chi connectivity index (χ2v) is 11.3. The van der Waals surface area contributed by atoms with E-state index in [2.05, 4.69) is 15.4 Å². The van der Waals surface area contributed by atoms with Crippen molar-refractivity contribution in [2.45, 2.75) is 34.6 Å². The third-order valence-electron chi connectivity index (χ3n) is 5.60. The van der Waals surface area contributed by atoms with Crippen LogP contribution in [0.1, 0.15) is 35.7 Å². The Labute approximate surface area is 197 Å². The van der Waals surface area contributed by atoms with Gasteiger partial charge in [-0.1, -0.05) is 65.1 Å². The molecule has 1 saturated heterocycles. The molecule has 1 aliphatic rings. The first kappa shape index (κ1) is 24.0. The van der Waals surface area contributed by atoms with Crippen molar-refractivity contribution < 1.29 is 17.9 Å². The van der Waals surface area contributed by atoms with Crippen molar-refractivity contribution in [2.24, 2.45) is 0 Å². The average Bonchev–Trinajstić information content (AvgIpc) is 2.77. The number of para-hydroxylation sites is 1. The number of alkyl halides is 1. The number of hydrogen-bond acceptors (Lipinski definition) is 5. The lowest BCUT2D eigenvalue weighted by atomic mass is 9.72. The maximum absolute atomic E-state index is 13.6. The zero-order chi connectivity index (χ0) is 22.5. The van der Waals surface area contributed by atoms with Crippen LogP contribution in [0.3, 0.4) is 0 Å². The summed E-state index contributed by atoms with van der Waals surface area (Å²) < 4.78 is 34.8. The number of hydrogen-bond donors (Lipinski definition) is 3. The second kappa shape index (κ2) is 10.3. The zero-order valence-corrected chi connectivity index (χ0v) is 20.6. The predicted molar refractivity (Wildman–Crippen MR) is 130 cm³/mol. The fraction of sp³-hybridized carbons (Fsp3) is 0.409. The van der Waals surface area contributed by atoms with Crippen molar-refractivity contribution in [2.75, 3.05) is 20.2 Å². The van der Waals surface area contributed by atoms with Gasteiger partial charge in [-0.25, -0.2) is 13.1 Å². The van der Waals surface area contributed by atoms with Crippen LogP contribution in [0, 0.1) is 0 Å². The van der Waals surface area contributed by atoms with Crippen LogP contribution in [0.5, 0.6) is 5.75 Å². The standard InChI is InChI=1S/C22H28IN3O4S/c1-16(23)26-31(28,29)21(25-20(27)18-10-6-7-11-19(18)30-2)22(12-14-24-15-13-22)17-8-4-3-5-9-17/h3-11,16,21,24,26H,12-15H2,1-2H3,(H,25,27). The van der Waals surface area contributed by atoms with E-state index < -0.39 is 26.7 Å². The van der Waals surface area contributed by atoms with E-state index in [4.69, 9.17) is 4.74 Å². The van der Waals surface area contributed by atoms with Gasteiger partial charge in [-0.2, -0.15) is 0 Å². The molecule has 7 nitrogen and oxygen atoms in total. The number of amides is 1. The van der Waals surface area contributed by atoms with Crippen molar-refractivity contribution in [1.82, 2.24) is 15.4 Å². The molecule has 1 aliphatic heterocycles. The fourth-order valence-electron chi connectivity index (χ4n) is 4.18. The molecule has 0 bridgehead atoms. The number of carbonyl (C=O) groups excluding carboxylic acids is 1. The summed E-state index contributed by atoms with van der Waals surface area (Å²) in [5.74, 6) is -0.0896. The molecule has 3 rings (SSSR count). The SMILES string of the molecule is COc1ccccc1C(=O)NC(C1(c2ccccc2)CCNCC1)S(=O)(=O)NC(C)I. The predicted octanol–water partition coefficient (Wildman–Crippen LogP) is 2.77. The van der Waals surface area contributed by atoms with Crippen LogP contribution in [0.25, 0.3) is 0 Å². The van der Waals surface area contributed by atoms with Gasteiger partial charge in [0.25, 0.3) is 5.91 Å². The monoisotopic (exact) mass is 557 g/mol. The van der Waals surface area contributed by atoms with Gasteiger partial charge < -0.3 is 15.4 Å². The van der Waals surface area contributed by atoms with Crippen LogP contribution in [-0.4, -0.2) is 43.9 Å². The van der Waals surface area contributed by atoms with Crippen molar-refractivity contribution in [1.29, 1.82) is 0 Å². The first-order valence-electron chi connectivity index (χ1n) is 10.2. The summed E-state index contributed by atoms with van der Waals surface area (Å²) in [7, 11) is -2.42. The molecule has 168 valence electrons. The minimum atomic E-state index is -3.91. The Morgan fingerprint density at radius 1 is 1.10 bits per heavy atom. The summed E-state index contributed by atoms with van der Waals surface area (Å²) in [6.07, 6.45) is 1.15. The van der Waals surface area contributed by atoms with Gasteiger partial charge in [-0.15, -0.1) is 0 Å². The summed E-state index contributed by atoms with van der Waals surface area (Å²) in [6, 6.07) is 16.4. The van der Waals surface area contributed by atoms with E-state index in [9.17, 15) is 13.2 Å². The van der Waals surface area contributed by atoms with E-state index in [1.54, 1.807) is 31.2 Å². The van der Waals surface area contributed by atoms with Crippen LogP contribution in [0.2, 0.25) is 0 Å². The Balaban J connectivity index is 2.10. The van der Waals surface area contributed by atoms with Crippen molar-refractivity contribution in [3.05, 3.63) is 65.7 Å². The Morgan fingerprint density at radius 3 is 2.32 bits per heavy atom. The minimum Gasteiger partial charge on any atom is -0.496 e. The molecule has 31 heavy (non-hydrogen) atoms. The molecule has 0 aliphatic carbocycles. The number of methoxy groups -OCH3 is 1. The lowest BCUT2D eigenvalue weighted by Gasteiger charge is -2.44. The van der Waals surface area contributed by atoms with E-state index in [1.165, 1.54) is 7.11 Å². The lowest BCUT2D eigenvalue weighted by molar-refractivity contribution is 0.0922. The van der Waals surface area contributed by atoms with Crippen molar-refractivity contribution >= 4 is 38.5 Å². The van der Waals surface area contributed by atoms with Crippen LogP contribution >= 0.6 is 22.6 Å². The van der Waals surface area contributed by atoms with Gasteiger partial charge in [0, 0.05) is 5.41 Å². The van der Waals surface area contributed by atoms with Gasteiger partial charge in [0.15, 0.2) is 5.37 Å². The van der Waals surface area contributed by atoms with Crippen LogP contribution in [0.4, 0.5) is 0 Å². The Kier molecular flexibility index (Phi) is 7.95. The highest BCUT2D eigenvalue weighted by atomic mass is 127. The molecule has 2 aromatic rings. The molecular formula is C22H28IN3O4S. The molecule has 2 atom stereocenters. The maximum atomic E-state index is 13.6. The van der Waals surface area contributed by atoms with E-state index in [0.29, 0.717) is 37.2 Å². The number of piperidine rings is 1. The number of nitrogens with one attached hydrogen (secondary N) is 3. The fourth-order valence-corrected chi connectivity index (χ4v) is 7.06. The molecule has 1 heterocycles. The summed E-state index contributed by atoms with van der Waals surface area (Å²) in [4.78, 5) is 13.3. The summed E-state index contributed by atoms with van der Waals surface area (Å²) in [5.41, 5.74) is 0.417. The topological polar surface area (TPSA) is 96.5 Å². The third kappa shape index (κ3) is 5.39. The van der Waals surface area contributed by atoms with Crippen molar-refractivity contribution in [3.8, 4) is 5.75 Å². The zero-order valence-electron chi connectivity index (χ0n) is 17.6. The van der Waals surface area contributed by atoms with Gasteiger partial charge in [-0.05, 0) is 50.6 Å². The molecule has 1 fully saturated rings. The molecule has 0 saturated carbocycles.